The number of ether oxygens (including phenoxy) is 1. The molecule has 0 aliphatic carbocycles. The van der Waals surface area contributed by atoms with E-state index in [4.69, 9.17) is 27.9 Å². The van der Waals surface area contributed by atoms with Crippen LogP contribution in [0.4, 0.5) is 5.69 Å². The van der Waals surface area contributed by atoms with Crippen LogP contribution in [-0.4, -0.2) is 45.9 Å². The minimum absolute atomic E-state index is 0.143. The maximum Gasteiger partial charge on any atom is 0.260 e. The standard InChI is InChI=1S/C26H26Cl2N4O5S/c1-18(20-6-4-3-5-7-20)30-26(34)17-37-22-11-8-19(9-12-22)15-29-31-25(33)16-32(38(2,35)36)21-10-13-23(27)24(28)14-21/h3-15,18H,16-17H2,1-2H3,(H,30,34)(H,31,33)/t18-/m0/s1. The van der Waals surface area contributed by atoms with E-state index in [2.05, 4.69) is 15.8 Å². The highest BCUT2D eigenvalue weighted by molar-refractivity contribution is 7.92. The molecule has 200 valence electrons. The largest absolute Gasteiger partial charge is 0.484 e. The Hall–Kier alpha value is -3.60. The van der Waals surface area contributed by atoms with Crippen molar-refractivity contribution in [3.8, 4) is 5.75 Å². The van der Waals surface area contributed by atoms with E-state index in [-0.39, 0.29) is 34.3 Å². The summed E-state index contributed by atoms with van der Waals surface area (Å²) in [5, 5.41) is 7.16. The average Bonchev–Trinajstić information content (AvgIpc) is 2.88. The Morgan fingerprint density at radius 1 is 1.00 bits per heavy atom. The zero-order chi connectivity index (χ0) is 27.7. The molecular weight excluding hydrogens is 551 g/mol. The van der Waals surface area contributed by atoms with E-state index in [9.17, 15) is 18.0 Å². The normalized spacial score (nSPS) is 12.1. The first-order valence-corrected chi connectivity index (χ1v) is 13.9. The Labute approximate surface area is 231 Å². The molecule has 0 radical (unpaired) electrons. The van der Waals surface area contributed by atoms with Crippen molar-refractivity contribution in [2.24, 2.45) is 5.10 Å². The second kappa shape index (κ2) is 13.3. The van der Waals surface area contributed by atoms with Crippen molar-refractivity contribution in [3.63, 3.8) is 0 Å². The quantitative estimate of drug-likeness (QED) is 0.262. The summed E-state index contributed by atoms with van der Waals surface area (Å²) in [6, 6.07) is 20.4. The monoisotopic (exact) mass is 576 g/mol. The van der Waals surface area contributed by atoms with Crippen molar-refractivity contribution in [3.05, 3.63) is 94.0 Å². The molecule has 0 aliphatic rings. The van der Waals surface area contributed by atoms with Gasteiger partial charge < -0.3 is 10.1 Å². The second-order valence-electron chi connectivity index (χ2n) is 8.22. The molecule has 0 bridgehead atoms. The van der Waals surface area contributed by atoms with Gasteiger partial charge in [0.05, 0.1) is 34.2 Å². The summed E-state index contributed by atoms with van der Waals surface area (Å²) in [6.07, 6.45) is 2.36. The fraction of sp³-hybridized carbons (Fsp3) is 0.192. The number of benzene rings is 3. The number of carbonyl (C=O) groups is 2. The first-order valence-electron chi connectivity index (χ1n) is 11.3. The third kappa shape index (κ3) is 8.76. The number of hydrazone groups is 1. The maximum atomic E-state index is 12.3. The molecule has 12 heteroatoms. The molecule has 0 aromatic heterocycles. The number of nitrogens with zero attached hydrogens (tertiary/aromatic N) is 2. The minimum Gasteiger partial charge on any atom is -0.484 e. The Kier molecular flexibility index (Phi) is 10.1. The highest BCUT2D eigenvalue weighted by atomic mass is 35.5. The molecule has 38 heavy (non-hydrogen) atoms. The first kappa shape index (κ1) is 29.0. The molecule has 2 amide bonds. The predicted molar refractivity (Wildman–Crippen MR) is 149 cm³/mol. The van der Waals surface area contributed by atoms with Crippen LogP contribution < -0.4 is 19.8 Å². The molecule has 9 nitrogen and oxygen atoms in total. The van der Waals surface area contributed by atoms with Crippen LogP contribution in [0.2, 0.25) is 10.0 Å². The lowest BCUT2D eigenvalue weighted by Gasteiger charge is -2.21. The molecule has 1 atom stereocenters. The van der Waals surface area contributed by atoms with E-state index in [0.717, 1.165) is 16.1 Å². The molecule has 2 N–H and O–H groups in total. The Morgan fingerprint density at radius 2 is 1.68 bits per heavy atom. The fourth-order valence-electron chi connectivity index (χ4n) is 3.29. The van der Waals surface area contributed by atoms with Crippen molar-refractivity contribution in [2.45, 2.75) is 13.0 Å². The molecule has 0 saturated heterocycles. The van der Waals surface area contributed by atoms with E-state index >= 15 is 0 Å². The van der Waals surface area contributed by atoms with Gasteiger partial charge in [-0.05, 0) is 60.5 Å². The zero-order valence-electron chi connectivity index (χ0n) is 20.6. The summed E-state index contributed by atoms with van der Waals surface area (Å²) in [4.78, 5) is 24.5. The van der Waals surface area contributed by atoms with Gasteiger partial charge in [0.25, 0.3) is 11.8 Å². The van der Waals surface area contributed by atoms with Gasteiger partial charge in [-0.15, -0.1) is 0 Å². The molecule has 3 aromatic rings. The molecule has 3 rings (SSSR count). The van der Waals surface area contributed by atoms with Gasteiger partial charge in [0, 0.05) is 0 Å². The predicted octanol–water partition coefficient (Wildman–Crippen LogP) is 4.17. The summed E-state index contributed by atoms with van der Waals surface area (Å²) in [7, 11) is -3.78. The third-order valence-corrected chi connectivity index (χ3v) is 7.09. The van der Waals surface area contributed by atoms with Gasteiger partial charge in [0.2, 0.25) is 10.0 Å². The van der Waals surface area contributed by atoms with Crippen molar-refractivity contribution in [1.82, 2.24) is 10.7 Å². The SMILES string of the molecule is C[C@H](NC(=O)COc1ccc(C=NNC(=O)CN(c2ccc(Cl)c(Cl)c2)S(C)(=O)=O)cc1)c1ccccc1. The number of sulfonamides is 1. The van der Waals surface area contributed by atoms with Gasteiger partial charge in [-0.1, -0.05) is 53.5 Å². The molecule has 0 saturated carbocycles. The number of rotatable bonds is 11. The fourth-order valence-corrected chi connectivity index (χ4v) is 4.43. The number of amides is 2. The van der Waals surface area contributed by atoms with E-state index in [0.29, 0.717) is 11.3 Å². The summed E-state index contributed by atoms with van der Waals surface area (Å²) >= 11 is 11.9. The number of nitrogens with one attached hydrogen (secondary N) is 2. The molecule has 0 spiro atoms. The van der Waals surface area contributed by atoms with Gasteiger partial charge in [-0.2, -0.15) is 5.10 Å². The Morgan fingerprint density at radius 3 is 2.32 bits per heavy atom. The lowest BCUT2D eigenvalue weighted by molar-refractivity contribution is -0.123. The summed E-state index contributed by atoms with van der Waals surface area (Å²) in [6.45, 7) is 1.24. The number of hydrogen-bond acceptors (Lipinski definition) is 6. The lowest BCUT2D eigenvalue weighted by atomic mass is 10.1. The van der Waals surface area contributed by atoms with Gasteiger partial charge in [-0.25, -0.2) is 13.8 Å². The van der Waals surface area contributed by atoms with Crippen LogP contribution in [0.15, 0.2) is 77.9 Å². The first-order chi connectivity index (χ1) is 18.0. The van der Waals surface area contributed by atoms with Crippen LogP contribution in [0.1, 0.15) is 24.1 Å². The van der Waals surface area contributed by atoms with Crippen molar-refractivity contribution in [1.29, 1.82) is 0 Å². The van der Waals surface area contributed by atoms with Gasteiger partial charge in [0.1, 0.15) is 12.3 Å². The van der Waals surface area contributed by atoms with Crippen LogP contribution in [0.25, 0.3) is 0 Å². The van der Waals surface area contributed by atoms with Crippen LogP contribution >= 0.6 is 23.2 Å². The van der Waals surface area contributed by atoms with Crippen molar-refractivity contribution in [2.75, 3.05) is 23.7 Å². The summed E-state index contributed by atoms with van der Waals surface area (Å²) in [5.41, 5.74) is 4.13. The molecular formula is C26H26Cl2N4O5S. The highest BCUT2D eigenvalue weighted by Crippen LogP contribution is 2.28. The summed E-state index contributed by atoms with van der Waals surface area (Å²) < 4.78 is 30.8. The summed E-state index contributed by atoms with van der Waals surface area (Å²) in [5.74, 6) is -0.425. The number of anilines is 1. The maximum absolute atomic E-state index is 12.3. The second-order valence-corrected chi connectivity index (χ2v) is 10.9. The zero-order valence-corrected chi connectivity index (χ0v) is 22.9. The van der Waals surface area contributed by atoms with E-state index in [1.807, 2.05) is 37.3 Å². The average molecular weight is 577 g/mol. The molecule has 0 heterocycles. The Bertz CT molecular complexity index is 1400. The molecule has 0 unspecified atom stereocenters. The van der Waals surface area contributed by atoms with Crippen LogP contribution in [0, 0.1) is 0 Å². The molecule has 3 aromatic carbocycles. The van der Waals surface area contributed by atoms with Gasteiger partial charge in [-0.3, -0.25) is 13.9 Å². The van der Waals surface area contributed by atoms with E-state index in [1.54, 1.807) is 24.3 Å². The number of carbonyl (C=O) groups excluding carboxylic acids is 2. The van der Waals surface area contributed by atoms with Crippen molar-refractivity contribution >= 4 is 56.9 Å². The van der Waals surface area contributed by atoms with Crippen molar-refractivity contribution < 1.29 is 22.7 Å². The molecule has 0 aliphatic heterocycles. The smallest absolute Gasteiger partial charge is 0.260 e. The minimum atomic E-state index is -3.78. The number of hydrogen-bond donors (Lipinski definition) is 2. The third-order valence-electron chi connectivity index (χ3n) is 5.21. The lowest BCUT2D eigenvalue weighted by Crippen LogP contribution is -2.39. The van der Waals surface area contributed by atoms with E-state index < -0.39 is 22.5 Å². The van der Waals surface area contributed by atoms with Gasteiger partial charge in [0.15, 0.2) is 6.61 Å². The highest BCUT2D eigenvalue weighted by Gasteiger charge is 2.21. The van der Waals surface area contributed by atoms with Gasteiger partial charge >= 0.3 is 0 Å². The van der Waals surface area contributed by atoms with Crippen LogP contribution in [0.5, 0.6) is 5.75 Å². The van der Waals surface area contributed by atoms with Crippen LogP contribution in [-0.2, 0) is 19.6 Å². The van der Waals surface area contributed by atoms with E-state index in [1.165, 1.54) is 24.4 Å². The Balaban J connectivity index is 1.49. The number of halogens is 2. The molecule has 0 fully saturated rings. The van der Waals surface area contributed by atoms with Crippen LogP contribution in [0.3, 0.4) is 0 Å². The topological polar surface area (TPSA) is 117 Å².